The Morgan fingerprint density at radius 1 is 1.13 bits per heavy atom. The molecule has 4 aromatic rings. The highest BCUT2D eigenvalue weighted by molar-refractivity contribution is 7.89. The Hall–Kier alpha value is -4.42. The lowest BCUT2D eigenvalue weighted by atomic mass is 10.1. The molecule has 0 bridgehead atoms. The van der Waals surface area contributed by atoms with Gasteiger partial charge in [-0.05, 0) is 49.4 Å². The summed E-state index contributed by atoms with van der Waals surface area (Å²) in [5.41, 5.74) is 10.9. The van der Waals surface area contributed by atoms with Crippen molar-refractivity contribution in [1.29, 1.82) is 5.41 Å². The summed E-state index contributed by atoms with van der Waals surface area (Å²) in [7, 11) is -3.79. The van der Waals surface area contributed by atoms with Gasteiger partial charge < -0.3 is 26.3 Å². The number of nitrogens with zero attached hydrogens (tertiary/aromatic N) is 2. The predicted octanol–water partition coefficient (Wildman–Crippen LogP) is 2.05. The van der Waals surface area contributed by atoms with Gasteiger partial charge >= 0.3 is 0 Å². The first-order valence-electron chi connectivity index (χ1n) is 12.5. The van der Waals surface area contributed by atoms with Gasteiger partial charge in [0.05, 0.1) is 33.8 Å². The third kappa shape index (κ3) is 5.86. The Morgan fingerprint density at radius 3 is 2.64 bits per heavy atom. The molecule has 0 spiro atoms. The van der Waals surface area contributed by atoms with E-state index in [2.05, 4.69) is 25.2 Å². The molecular weight excluding hydrogens is 516 g/mol. The van der Waals surface area contributed by atoms with Crippen molar-refractivity contribution >= 4 is 44.2 Å². The summed E-state index contributed by atoms with van der Waals surface area (Å²) < 4.78 is 27.3. The maximum Gasteiger partial charge on any atom is 0.241 e. The molecule has 202 valence electrons. The highest BCUT2D eigenvalue weighted by atomic mass is 32.2. The average molecular weight is 547 g/mol. The number of hydrogen-bond acceptors (Lipinski definition) is 7. The van der Waals surface area contributed by atoms with Crippen molar-refractivity contribution in [3.05, 3.63) is 83.7 Å². The van der Waals surface area contributed by atoms with E-state index in [9.17, 15) is 13.2 Å². The first-order chi connectivity index (χ1) is 18.7. The van der Waals surface area contributed by atoms with Crippen LogP contribution < -0.4 is 26.0 Å². The number of nitrogens with two attached hydrogens (primary N) is 1. The summed E-state index contributed by atoms with van der Waals surface area (Å²) >= 11 is 0. The van der Waals surface area contributed by atoms with E-state index in [1.54, 1.807) is 18.2 Å². The molecular formula is C27H30N8O3S. The lowest BCUT2D eigenvalue weighted by molar-refractivity contribution is -0.119. The van der Waals surface area contributed by atoms with Gasteiger partial charge in [0.25, 0.3) is 0 Å². The van der Waals surface area contributed by atoms with Gasteiger partial charge in [-0.2, -0.15) is 0 Å². The zero-order valence-corrected chi connectivity index (χ0v) is 22.2. The average Bonchev–Trinajstić information content (AvgIpc) is 3.48. The molecule has 7 N–H and O–H groups in total. The zero-order chi connectivity index (χ0) is 27.6. The molecule has 1 aromatic heterocycles. The first kappa shape index (κ1) is 26.2. The molecule has 11 nitrogen and oxygen atoms in total. The van der Waals surface area contributed by atoms with E-state index in [-0.39, 0.29) is 30.0 Å². The van der Waals surface area contributed by atoms with Crippen molar-refractivity contribution in [2.75, 3.05) is 29.9 Å². The van der Waals surface area contributed by atoms with Gasteiger partial charge in [0.15, 0.2) is 0 Å². The zero-order valence-electron chi connectivity index (χ0n) is 21.4. The van der Waals surface area contributed by atoms with Gasteiger partial charge in [0, 0.05) is 25.1 Å². The second kappa shape index (κ2) is 10.8. The smallest absolute Gasteiger partial charge is 0.241 e. The van der Waals surface area contributed by atoms with E-state index in [4.69, 9.17) is 16.1 Å². The van der Waals surface area contributed by atoms with Crippen LogP contribution in [0.2, 0.25) is 0 Å². The number of fused-ring (bicyclic) bond motifs is 2. The highest BCUT2D eigenvalue weighted by Crippen LogP contribution is 2.36. The molecule has 0 saturated heterocycles. The number of anilines is 2. The number of carbonyl (C=O) groups excluding carboxylic acids is 1. The Labute approximate surface area is 226 Å². The number of nitrogens with one attached hydrogen (secondary N) is 5. The van der Waals surface area contributed by atoms with Crippen LogP contribution in [0.4, 0.5) is 11.4 Å². The number of aromatic nitrogens is 2. The van der Waals surface area contributed by atoms with E-state index < -0.39 is 15.9 Å². The van der Waals surface area contributed by atoms with Crippen LogP contribution >= 0.6 is 0 Å². The number of imidazole rings is 1. The summed E-state index contributed by atoms with van der Waals surface area (Å²) in [6.07, 6.45) is 0.392. The van der Waals surface area contributed by atoms with Crippen molar-refractivity contribution < 1.29 is 13.2 Å². The maximum absolute atomic E-state index is 12.5. The van der Waals surface area contributed by atoms with Crippen LogP contribution in [0.3, 0.4) is 0 Å². The third-order valence-electron chi connectivity index (χ3n) is 6.57. The second-order valence-electron chi connectivity index (χ2n) is 9.39. The number of amides is 1. The van der Waals surface area contributed by atoms with E-state index in [1.165, 1.54) is 12.1 Å². The molecule has 5 rings (SSSR count). The minimum atomic E-state index is -3.79. The van der Waals surface area contributed by atoms with E-state index in [1.807, 2.05) is 43.3 Å². The first-order valence-corrected chi connectivity index (χ1v) is 14.0. The number of nitrogen functional groups attached to an aromatic ring is 1. The molecule has 1 aliphatic rings. The minimum Gasteiger partial charge on any atom is -0.384 e. The number of para-hydroxylation sites is 2. The summed E-state index contributed by atoms with van der Waals surface area (Å²) in [5.74, 6) is 0.338. The number of H-pyrrole nitrogens is 1. The number of sulfonamides is 1. The molecule has 1 amide bonds. The molecule has 1 aliphatic heterocycles. The fourth-order valence-electron chi connectivity index (χ4n) is 4.55. The molecule has 3 aromatic carbocycles. The number of aryl methyl sites for hydroxylation is 1. The standard InChI is InChI=1S/C27H30N8O3S/c1-17-6-9-19(10-7-17)39(37,38)31-16-26(36)30-12-13-35-23-14-18(27(28)29)8-11-22(23)34-25(35)15-24-32-20-4-2-3-5-21(20)33-24/h2-11,14,25,31,34H,12-13,15-16H2,1H3,(H3,28,29)(H,30,36)(H,32,33). The topological polar surface area (TPSA) is 169 Å². The lowest BCUT2D eigenvalue weighted by Crippen LogP contribution is -2.44. The molecule has 1 atom stereocenters. The van der Waals surface area contributed by atoms with Gasteiger partial charge in [-0.15, -0.1) is 0 Å². The Kier molecular flexibility index (Phi) is 7.22. The summed E-state index contributed by atoms with van der Waals surface area (Å²) in [6.45, 7) is 2.20. The van der Waals surface area contributed by atoms with Gasteiger partial charge in [-0.3, -0.25) is 10.2 Å². The Balaban J connectivity index is 1.25. The van der Waals surface area contributed by atoms with Crippen LogP contribution in [0.15, 0.2) is 71.6 Å². The van der Waals surface area contributed by atoms with Crippen molar-refractivity contribution in [3.63, 3.8) is 0 Å². The number of carbonyl (C=O) groups is 1. The number of rotatable bonds is 10. The molecule has 2 heterocycles. The van der Waals surface area contributed by atoms with Crippen molar-refractivity contribution in [2.24, 2.45) is 5.73 Å². The SMILES string of the molecule is Cc1ccc(S(=O)(=O)NCC(=O)NCCN2c3cc(C(=N)N)ccc3NC2Cc2nc3ccccc3[nH]2)cc1. The van der Waals surface area contributed by atoms with Crippen LogP contribution in [-0.2, 0) is 21.2 Å². The second-order valence-corrected chi connectivity index (χ2v) is 11.2. The fourth-order valence-corrected chi connectivity index (χ4v) is 5.53. The van der Waals surface area contributed by atoms with Crippen molar-refractivity contribution in [2.45, 2.75) is 24.4 Å². The monoisotopic (exact) mass is 546 g/mol. The van der Waals surface area contributed by atoms with E-state index >= 15 is 0 Å². The number of amidine groups is 1. The largest absolute Gasteiger partial charge is 0.384 e. The highest BCUT2D eigenvalue weighted by Gasteiger charge is 2.30. The van der Waals surface area contributed by atoms with Crippen LogP contribution in [0.5, 0.6) is 0 Å². The van der Waals surface area contributed by atoms with Crippen LogP contribution in [0.1, 0.15) is 17.0 Å². The van der Waals surface area contributed by atoms with Crippen LogP contribution in [-0.4, -0.2) is 55.9 Å². The predicted molar refractivity (Wildman–Crippen MR) is 151 cm³/mol. The fraction of sp³-hybridized carbons (Fsp3) is 0.222. The van der Waals surface area contributed by atoms with Crippen molar-refractivity contribution in [1.82, 2.24) is 20.0 Å². The normalized spacial score (nSPS) is 14.7. The minimum absolute atomic E-state index is 0.0346. The van der Waals surface area contributed by atoms with Gasteiger partial charge in [0.1, 0.15) is 17.8 Å². The van der Waals surface area contributed by atoms with E-state index in [0.717, 1.165) is 33.8 Å². The molecule has 0 fully saturated rings. The maximum atomic E-state index is 12.5. The third-order valence-corrected chi connectivity index (χ3v) is 7.99. The Bertz CT molecular complexity index is 1600. The molecule has 1 unspecified atom stereocenters. The van der Waals surface area contributed by atoms with Gasteiger partial charge in [-0.25, -0.2) is 18.1 Å². The molecule has 39 heavy (non-hydrogen) atoms. The van der Waals surface area contributed by atoms with Gasteiger partial charge in [0.2, 0.25) is 15.9 Å². The molecule has 12 heteroatoms. The number of benzene rings is 3. The quantitative estimate of drug-likeness (QED) is 0.131. The summed E-state index contributed by atoms with van der Waals surface area (Å²) in [5, 5.41) is 14.1. The molecule has 0 saturated carbocycles. The van der Waals surface area contributed by atoms with Crippen LogP contribution in [0.25, 0.3) is 11.0 Å². The van der Waals surface area contributed by atoms with Crippen LogP contribution in [0, 0.1) is 12.3 Å². The molecule has 0 aliphatic carbocycles. The van der Waals surface area contributed by atoms with E-state index in [0.29, 0.717) is 18.5 Å². The van der Waals surface area contributed by atoms with Gasteiger partial charge in [-0.1, -0.05) is 29.8 Å². The Morgan fingerprint density at radius 2 is 1.90 bits per heavy atom. The number of aromatic amines is 1. The van der Waals surface area contributed by atoms with Crippen molar-refractivity contribution in [3.8, 4) is 0 Å². The summed E-state index contributed by atoms with van der Waals surface area (Å²) in [4.78, 5) is 22.7. The molecule has 0 radical (unpaired) electrons. The summed E-state index contributed by atoms with van der Waals surface area (Å²) in [6, 6.07) is 19.8. The lowest BCUT2D eigenvalue weighted by Gasteiger charge is -2.26. The number of hydrogen-bond donors (Lipinski definition) is 6.